The average molecular weight is 396 g/mol. The number of halogens is 1. The molecule has 150 valence electrons. The van der Waals surface area contributed by atoms with Crippen LogP contribution < -0.4 is 11.1 Å². The van der Waals surface area contributed by atoms with Crippen molar-refractivity contribution in [1.29, 1.82) is 0 Å². The van der Waals surface area contributed by atoms with Crippen LogP contribution in [0.5, 0.6) is 0 Å². The number of nitrogens with two attached hydrogens (primary N) is 1. The van der Waals surface area contributed by atoms with Gasteiger partial charge >= 0.3 is 0 Å². The lowest BCUT2D eigenvalue weighted by Gasteiger charge is -2.39. The van der Waals surface area contributed by atoms with E-state index in [0.717, 1.165) is 5.56 Å². The van der Waals surface area contributed by atoms with Gasteiger partial charge in [0.05, 0.1) is 5.54 Å². The molecule has 0 spiro atoms. The summed E-state index contributed by atoms with van der Waals surface area (Å²) < 4.78 is 5.32. The lowest BCUT2D eigenvalue weighted by molar-refractivity contribution is -0.143. The predicted molar refractivity (Wildman–Crippen MR) is 107 cm³/mol. The molecule has 0 bridgehead atoms. The molecule has 2 fully saturated rings. The topological polar surface area (TPSA) is 84.7 Å². The molecule has 0 radical (unpaired) electrons. The molecule has 2 aliphatic rings. The van der Waals surface area contributed by atoms with Gasteiger partial charge in [0.1, 0.15) is 0 Å². The Kier molecular flexibility index (Phi) is 7.65. The van der Waals surface area contributed by atoms with Crippen molar-refractivity contribution < 1.29 is 14.3 Å². The van der Waals surface area contributed by atoms with Crippen molar-refractivity contribution in [3.63, 3.8) is 0 Å². The third-order valence-corrected chi connectivity index (χ3v) is 5.55. The highest BCUT2D eigenvalue weighted by molar-refractivity contribution is 5.87. The standard InChI is InChI=1S/C20H29N3O3.ClH/c1-15-2-4-16(5-3-15)14-22-18(24)17-6-10-23(11-7-17)19(25)20(21)8-12-26-13-9-20;/h2-5,17H,6-14,21H2,1H3,(H,22,24);1H. The number of carbonyl (C=O) groups is 2. The number of hydrogen-bond donors (Lipinski definition) is 2. The van der Waals surface area contributed by atoms with Crippen molar-refractivity contribution in [2.75, 3.05) is 26.3 Å². The van der Waals surface area contributed by atoms with Crippen LogP contribution in [0.2, 0.25) is 0 Å². The second-order valence-corrected chi connectivity index (χ2v) is 7.54. The van der Waals surface area contributed by atoms with Crippen LogP contribution in [0.1, 0.15) is 36.8 Å². The molecule has 1 aromatic carbocycles. The number of hydrogen-bond acceptors (Lipinski definition) is 4. The number of carbonyl (C=O) groups excluding carboxylic acids is 2. The summed E-state index contributed by atoms with van der Waals surface area (Å²) in [4.78, 5) is 27.0. The van der Waals surface area contributed by atoms with Crippen LogP contribution in [0.4, 0.5) is 0 Å². The molecular weight excluding hydrogens is 366 g/mol. The second kappa shape index (κ2) is 9.53. The molecule has 0 atom stereocenters. The van der Waals surface area contributed by atoms with E-state index in [1.807, 2.05) is 36.1 Å². The van der Waals surface area contributed by atoms with Crippen LogP contribution in [0.3, 0.4) is 0 Å². The van der Waals surface area contributed by atoms with E-state index in [9.17, 15) is 9.59 Å². The minimum Gasteiger partial charge on any atom is -0.381 e. The summed E-state index contributed by atoms with van der Waals surface area (Å²) in [7, 11) is 0. The van der Waals surface area contributed by atoms with Crippen LogP contribution in [0.25, 0.3) is 0 Å². The number of rotatable bonds is 4. The van der Waals surface area contributed by atoms with Gasteiger partial charge < -0.3 is 20.7 Å². The van der Waals surface area contributed by atoms with E-state index in [-0.39, 0.29) is 30.1 Å². The van der Waals surface area contributed by atoms with E-state index in [1.165, 1.54) is 5.56 Å². The molecule has 0 aliphatic carbocycles. The molecule has 3 rings (SSSR count). The van der Waals surface area contributed by atoms with Gasteiger partial charge in [-0.25, -0.2) is 0 Å². The largest absolute Gasteiger partial charge is 0.381 e. The summed E-state index contributed by atoms with van der Waals surface area (Å²) in [6, 6.07) is 8.16. The van der Waals surface area contributed by atoms with Crippen LogP contribution in [0.15, 0.2) is 24.3 Å². The zero-order valence-corrected chi connectivity index (χ0v) is 16.7. The second-order valence-electron chi connectivity index (χ2n) is 7.54. The van der Waals surface area contributed by atoms with Gasteiger partial charge in [-0.2, -0.15) is 0 Å². The fourth-order valence-corrected chi connectivity index (χ4v) is 3.65. The summed E-state index contributed by atoms with van der Waals surface area (Å²) in [5.74, 6) is 0.0541. The van der Waals surface area contributed by atoms with E-state index in [4.69, 9.17) is 10.5 Å². The number of benzene rings is 1. The molecular formula is C20H30ClN3O3. The first kappa shape index (κ1) is 21.7. The lowest BCUT2D eigenvalue weighted by atomic mass is 9.87. The molecule has 27 heavy (non-hydrogen) atoms. The molecule has 0 aromatic heterocycles. The highest BCUT2D eigenvalue weighted by Crippen LogP contribution is 2.24. The summed E-state index contributed by atoms with van der Waals surface area (Å²) in [6.45, 7) is 4.87. The normalized spacial score (nSPS) is 19.9. The van der Waals surface area contributed by atoms with Gasteiger partial charge in [-0.15, -0.1) is 12.4 Å². The molecule has 0 saturated carbocycles. The van der Waals surface area contributed by atoms with Crippen molar-refractivity contribution in [3.8, 4) is 0 Å². The maximum absolute atomic E-state index is 12.7. The number of nitrogens with zero attached hydrogens (tertiary/aromatic N) is 1. The molecule has 2 aliphatic heterocycles. The molecule has 1 aromatic rings. The van der Waals surface area contributed by atoms with E-state index in [2.05, 4.69) is 5.32 Å². The van der Waals surface area contributed by atoms with E-state index in [1.54, 1.807) is 0 Å². The number of likely N-dealkylation sites (tertiary alicyclic amines) is 1. The van der Waals surface area contributed by atoms with Crippen LogP contribution >= 0.6 is 12.4 Å². The van der Waals surface area contributed by atoms with Crippen molar-refractivity contribution in [3.05, 3.63) is 35.4 Å². The number of aryl methyl sites for hydroxylation is 1. The fourth-order valence-electron chi connectivity index (χ4n) is 3.65. The maximum Gasteiger partial charge on any atom is 0.242 e. The molecule has 2 saturated heterocycles. The Labute approximate surface area is 167 Å². The zero-order chi connectivity index (χ0) is 18.6. The third-order valence-electron chi connectivity index (χ3n) is 5.55. The van der Waals surface area contributed by atoms with Gasteiger partial charge in [0.25, 0.3) is 0 Å². The molecule has 2 heterocycles. The minimum absolute atomic E-state index is 0. The van der Waals surface area contributed by atoms with E-state index >= 15 is 0 Å². The number of ether oxygens (including phenoxy) is 1. The monoisotopic (exact) mass is 395 g/mol. The first-order valence-electron chi connectivity index (χ1n) is 9.47. The van der Waals surface area contributed by atoms with Crippen LogP contribution in [0, 0.1) is 12.8 Å². The SMILES string of the molecule is Cc1ccc(CNC(=O)C2CCN(C(=O)C3(N)CCOCC3)CC2)cc1.Cl. The minimum atomic E-state index is -0.793. The smallest absolute Gasteiger partial charge is 0.242 e. The van der Waals surface area contributed by atoms with Gasteiger partial charge in [-0.3, -0.25) is 9.59 Å². The van der Waals surface area contributed by atoms with E-state index < -0.39 is 5.54 Å². The van der Waals surface area contributed by atoms with Gasteiger partial charge in [-0.1, -0.05) is 29.8 Å². The van der Waals surface area contributed by atoms with Crippen molar-refractivity contribution in [2.45, 2.75) is 44.7 Å². The fraction of sp³-hybridized carbons (Fsp3) is 0.600. The Hall–Kier alpha value is -1.63. The predicted octanol–water partition coefficient (Wildman–Crippen LogP) is 1.78. The Morgan fingerprint density at radius 2 is 1.78 bits per heavy atom. The van der Waals surface area contributed by atoms with Crippen LogP contribution in [-0.2, 0) is 20.9 Å². The highest BCUT2D eigenvalue weighted by atomic mass is 35.5. The number of nitrogens with one attached hydrogen (secondary N) is 1. The van der Waals surface area contributed by atoms with Gasteiger partial charge in [0.2, 0.25) is 11.8 Å². The zero-order valence-electron chi connectivity index (χ0n) is 15.9. The van der Waals surface area contributed by atoms with Gasteiger partial charge in [0, 0.05) is 38.8 Å². The Balaban J connectivity index is 0.00000261. The number of amides is 2. The van der Waals surface area contributed by atoms with Gasteiger partial charge in [0.15, 0.2) is 0 Å². The summed E-state index contributed by atoms with van der Waals surface area (Å²) in [5.41, 5.74) is 7.81. The number of piperidine rings is 1. The van der Waals surface area contributed by atoms with E-state index in [0.29, 0.717) is 58.5 Å². The maximum atomic E-state index is 12.7. The summed E-state index contributed by atoms with van der Waals surface area (Å²) in [6.07, 6.45) is 2.53. The molecule has 7 heteroatoms. The highest BCUT2D eigenvalue weighted by Gasteiger charge is 2.40. The summed E-state index contributed by atoms with van der Waals surface area (Å²) >= 11 is 0. The Bertz CT molecular complexity index is 636. The lowest BCUT2D eigenvalue weighted by Crippen LogP contribution is -2.59. The Morgan fingerprint density at radius 1 is 1.19 bits per heavy atom. The summed E-state index contributed by atoms with van der Waals surface area (Å²) in [5, 5.41) is 3.02. The van der Waals surface area contributed by atoms with Crippen molar-refractivity contribution in [2.24, 2.45) is 11.7 Å². The molecule has 0 unspecified atom stereocenters. The first-order chi connectivity index (χ1) is 12.5. The average Bonchev–Trinajstić information content (AvgIpc) is 2.67. The van der Waals surface area contributed by atoms with Crippen molar-refractivity contribution >= 4 is 24.2 Å². The molecule has 3 N–H and O–H groups in total. The van der Waals surface area contributed by atoms with Crippen molar-refractivity contribution in [1.82, 2.24) is 10.2 Å². The van der Waals surface area contributed by atoms with Crippen LogP contribution in [-0.4, -0.2) is 48.6 Å². The third kappa shape index (κ3) is 5.43. The van der Waals surface area contributed by atoms with Gasteiger partial charge in [-0.05, 0) is 38.2 Å². The molecule has 2 amide bonds. The first-order valence-corrected chi connectivity index (χ1v) is 9.47. The quantitative estimate of drug-likeness (QED) is 0.813. The molecule has 6 nitrogen and oxygen atoms in total. The Morgan fingerprint density at radius 3 is 2.37 bits per heavy atom.